The van der Waals surface area contributed by atoms with E-state index >= 15 is 0 Å². The summed E-state index contributed by atoms with van der Waals surface area (Å²) < 4.78 is 0. The molecule has 1 aliphatic carbocycles. The van der Waals surface area contributed by atoms with E-state index in [1.807, 2.05) is 0 Å². The van der Waals surface area contributed by atoms with E-state index in [1.165, 1.54) is 86.9 Å². The Labute approximate surface area is 391 Å². The van der Waals surface area contributed by atoms with Gasteiger partial charge in [-0.2, -0.15) is 0 Å². The molecule has 0 aromatic heterocycles. The van der Waals surface area contributed by atoms with Gasteiger partial charge in [0.1, 0.15) is 0 Å². The molecule has 67 heavy (non-hydrogen) atoms. The molecule has 0 bridgehead atoms. The third-order valence-electron chi connectivity index (χ3n) is 15.0. The summed E-state index contributed by atoms with van der Waals surface area (Å²) in [6.45, 7) is 4.80. The fourth-order valence-electron chi connectivity index (χ4n) is 11.9. The molecule has 0 unspecified atom stereocenters. The Hall–Kier alpha value is -8.20. The van der Waals surface area contributed by atoms with Gasteiger partial charge in [0, 0.05) is 39.5 Å². The summed E-state index contributed by atoms with van der Waals surface area (Å²) in [4.78, 5) is 4.75. The van der Waals surface area contributed by atoms with Gasteiger partial charge in [-0.05, 0) is 197 Å². The van der Waals surface area contributed by atoms with Gasteiger partial charge in [0.2, 0.25) is 0 Å². The molecular formula is C65H48N2. The second-order valence-electron chi connectivity index (χ2n) is 18.2. The van der Waals surface area contributed by atoms with Gasteiger partial charge in [0.05, 0.1) is 0 Å². The van der Waals surface area contributed by atoms with Gasteiger partial charge in [-0.15, -0.1) is 0 Å². The molecule has 1 aliphatic rings. The van der Waals surface area contributed by atoms with Crippen molar-refractivity contribution in [1.29, 1.82) is 0 Å². The van der Waals surface area contributed by atoms with Crippen molar-refractivity contribution in [1.82, 2.24) is 0 Å². The second-order valence-corrected chi connectivity index (χ2v) is 18.2. The average molecular weight is 857 g/mol. The topological polar surface area (TPSA) is 6.48 Å². The van der Waals surface area contributed by atoms with Gasteiger partial charge < -0.3 is 9.80 Å². The van der Waals surface area contributed by atoms with Gasteiger partial charge in [0.25, 0.3) is 0 Å². The molecule has 0 N–H and O–H groups in total. The van der Waals surface area contributed by atoms with Crippen LogP contribution in [0.1, 0.15) is 37.8 Å². The SMILES string of the molecule is CCC1(CC)c2cc3c4ccc(N(c5ccccc5)c5ccccc5)cc4c4ccccc4c3cc2-c2cc3c4ccccc4c4cc(N(c5ccccc5)c5ccccc5)ccc4c3cc21. The smallest absolute Gasteiger partial charge is 0.0468 e. The number of rotatable bonds is 8. The lowest BCUT2D eigenvalue weighted by atomic mass is 9.73. The predicted octanol–water partition coefficient (Wildman–Crippen LogP) is 18.6. The Bertz CT molecular complexity index is 3540. The summed E-state index contributed by atoms with van der Waals surface area (Å²) in [5.41, 5.74) is 12.3. The number of hydrogen-bond acceptors (Lipinski definition) is 2. The van der Waals surface area contributed by atoms with Crippen LogP contribution in [0, 0.1) is 0 Å². The lowest BCUT2D eigenvalue weighted by Gasteiger charge is -2.30. The van der Waals surface area contributed by atoms with E-state index in [0.717, 1.165) is 47.0 Å². The Balaban J connectivity index is 1.04. The Morgan fingerprint density at radius 2 is 0.522 bits per heavy atom. The molecule has 318 valence electrons. The monoisotopic (exact) mass is 856 g/mol. The van der Waals surface area contributed by atoms with E-state index in [1.54, 1.807) is 0 Å². The largest absolute Gasteiger partial charge is 0.310 e. The van der Waals surface area contributed by atoms with Crippen molar-refractivity contribution in [2.24, 2.45) is 0 Å². The molecule has 0 radical (unpaired) electrons. The molecule has 0 fully saturated rings. The molecule has 12 aromatic carbocycles. The summed E-state index contributed by atoms with van der Waals surface area (Å²) in [5, 5.41) is 15.5. The first-order valence-electron chi connectivity index (χ1n) is 23.8. The zero-order valence-corrected chi connectivity index (χ0v) is 37.7. The van der Waals surface area contributed by atoms with Crippen molar-refractivity contribution in [3.8, 4) is 11.1 Å². The predicted molar refractivity (Wildman–Crippen MR) is 288 cm³/mol. The van der Waals surface area contributed by atoms with Gasteiger partial charge in [-0.1, -0.05) is 147 Å². The van der Waals surface area contributed by atoms with Crippen LogP contribution in [0.25, 0.3) is 75.8 Å². The van der Waals surface area contributed by atoms with Crippen molar-refractivity contribution in [2.75, 3.05) is 9.80 Å². The maximum absolute atomic E-state index is 2.59. The fourth-order valence-corrected chi connectivity index (χ4v) is 11.9. The van der Waals surface area contributed by atoms with E-state index in [2.05, 4.69) is 254 Å². The summed E-state index contributed by atoms with van der Waals surface area (Å²) >= 11 is 0. The molecule has 2 nitrogen and oxygen atoms in total. The normalized spacial score (nSPS) is 12.9. The van der Waals surface area contributed by atoms with Crippen molar-refractivity contribution in [3.63, 3.8) is 0 Å². The van der Waals surface area contributed by atoms with Crippen LogP contribution in [0.4, 0.5) is 34.1 Å². The second kappa shape index (κ2) is 15.5. The Kier molecular flexibility index (Phi) is 9.05. The minimum Gasteiger partial charge on any atom is -0.310 e. The van der Waals surface area contributed by atoms with Crippen LogP contribution in [-0.4, -0.2) is 0 Å². The van der Waals surface area contributed by atoms with Gasteiger partial charge in [-0.25, -0.2) is 0 Å². The standard InChI is InChI=1S/C65H48N2/c1-3-65(4-2)63-41-59-53-35-33-47(66(43-21-9-5-10-22-43)44-23-11-6-12-24-44)37-55(53)49-29-17-19-31-51(49)57(59)39-61(63)62-40-58-52-32-20-18-30-50(52)56-38-48(34-36-54(56)60(58)42-64(62)65)67(45-25-13-7-14-26-45)46-27-15-8-16-28-46/h5-42H,3-4H2,1-2H3. The van der Waals surface area contributed by atoms with Crippen LogP contribution in [0.5, 0.6) is 0 Å². The molecule has 0 amide bonds. The molecule has 2 heteroatoms. The number of fused-ring (bicyclic) bond motifs is 15. The number of benzene rings is 12. The molecule has 0 saturated heterocycles. The van der Waals surface area contributed by atoms with E-state index in [9.17, 15) is 0 Å². The van der Waals surface area contributed by atoms with Gasteiger partial charge in [0.15, 0.2) is 0 Å². The van der Waals surface area contributed by atoms with E-state index in [4.69, 9.17) is 0 Å². The first-order chi connectivity index (χ1) is 33.1. The molecule has 0 atom stereocenters. The molecule has 12 aromatic rings. The van der Waals surface area contributed by atoms with Crippen molar-refractivity contribution in [2.45, 2.75) is 32.1 Å². The number of anilines is 6. The highest BCUT2D eigenvalue weighted by atomic mass is 15.1. The summed E-state index contributed by atoms with van der Waals surface area (Å²) in [7, 11) is 0. The molecular weight excluding hydrogens is 809 g/mol. The average Bonchev–Trinajstić information content (AvgIpc) is 3.67. The number of nitrogens with zero attached hydrogens (tertiary/aromatic N) is 2. The molecule has 0 spiro atoms. The van der Waals surface area contributed by atoms with Crippen molar-refractivity contribution in [3.05, 3.63) is 242 Å². The molecule has 0 heterocycles. The molecule has 13 rings (SSSR count). The van der Waals surface area contributed by atoms with Crippen LogP contribution in [-0.2, 0) is 5.41 Å². The van der Waals surface area contributed by atoms with Crippen LogP contribution in [0.2, 0.25) is 0 Å². The Morgan fingerprint density at radius 3 is 0.836 bits per heavy atom. The maximum atomic E-state index is 2.59. The summed E-state index contributed by atoms with van der Waals surface area (Å²) in [6, 6.07) is 85.5. The highest BCUT2D eigenvalue weighted by molar-refractivity contribution is 6.29. The zero-order chi connectivity index (χ0) is 44.6. The van der Waals surface area contributed by atoms with E-state index in [-0.39, 0.29) is 5.41 Å². The summed E-state index contributed by atoms with van der Waals surface area (Å²) in [6.07, 6.45) is 2.02. The van der Waals surface area contributed by atoms with Gasteiger partial charge >= 0.3 is 0 Å². The third kappa shape index (κ3) is 5.96. The first-order valence-corrected chi connectivity index (χ1v) is 23.8. The lowest BCUT2D eigenvalue weighted by molar-refractivity contribution is 0.491. The van der Waals surface area contributed by atoms with Crippen LogP contribution in [0.3, 0.4) is 0 Å². The van der Waals surface area contributed by atoms with Crippen LogP contribution >= 0.6 is 0 Å². The number of hydrogen-bond donors (Lipinski definition) is 0. The molecule has 0 saturated carbocycles. The fraction of sp³-hybridized carbons (Fsp3) is 0.0769. The third-order valence-corrected chi connectivity index (χ3v) is 15.0. The minimum atomic E-state index is -0.141. The van der Waals surface area contributed by atoms with E-state index < -0.39 is 0 Å². The quantitative estimate of drug-likeness (QED) is 0.141. The summed E-state index contributed by atoms with van der Waals surface area (Å²) in [5.74, 6) is 0. The highest BCUT2D eigenvalue weighted by Gasteiger charge is 2.41. The van der Waals surface area contributed by atoms with Crippen molar-refractivity contribution < 1.29 is 0 Å². The van der Waals surface area contributed by atoms with Gasteiger partial charge in [-0.3, -0.25) is 0 Å². The van der Waals surface area contributed by atoms with Crippen molar-refractivity contribution >= 4 is 98.8 Å². The highest BCUT2D eigenvalue weighted by Crippen LogP contribution is 2.57. The first kappa shape index (κ1) is 39.2. The number of para-hydroxylation sites is 4. The minimum absolute atomic E-state index is 0.141. The lowest BCUT2D eigenvalue weighted by Crippen LogP contribution is -2.23. The zero-order valence-electron chi connectivity index (χ0n) is 37.7. The molecule has 0 aliphatic heterocycles. The van der Waals surface area contributed by atoms with E-state index in [0.29, 0.717) is 0 Å². The Morgan fingerprint density at radius 1 is 0.254 bits per heavy atom. The van der Waals surface area contributed by atoms with Crippen LogP contribution in [0.15, 0.2) is 231 Å². The van der Waals surface area contributed by atoms with Crippen LogP contribution < -0.4 is 9.80 Å². The maximum Gasteiger partial charge on any atom is 0.0468 e.